The number of aromatic amines is 1. The van der Waals surface area contributed by atoms with Crippen LogP contribution in [0.25, 0.3) is 11.1 Å². The van der Waals surface area contributed by atoms with Crippen LogP contribution in [0.2, 0.25) is 0 Å². The lowest BCUT2D eigenvalue weighted by Gasteiger charge is -2.14. The van der Waals surface area contributed by atoms with Gasteiger partial charge >= 0.3 is 11.9 Å². The van der Waals surface area contributed by atoms with Gasteiger partial charge in [0.05, 0.1) is 13.2 Å². The summed E-state index contributed by atoms with van der Waals surface area (Å²) in [4.78, 5) is 37.6. The zero-order valence-corrected chi connectivity index (χ0v) is 18.6. The van der Waals surface area contributed by atoms with Gasteiger partial charge in [0.15, 0.2) is 11.5 Å². The van der Waals surface area contributed by atoms with Gasteiger partial charge in [0, 0.05) is 5.56 Å². The van der Waals surface area contributed by atoms with Crippen molar-refractivity contribution in [3.05, 3.63) is 69.5 Å². The van der Waals surface area contributed by atoms with E-state index in [1.807, 2.05) is 26.0 Å². The van der Waals surface area contributed by atoms with Gasteiger partial charge in [-0.1, -0.05) is 18.2 Å². The van der Waals surface area contributed by atoms with Crippen LogP contribution >= 0.6 is 0 Å². The first kappa shape index (κ1) is 24.2. The quantitative estimate of drug-likeness (QED) is 0.349. The highest BCUT2D eigenvalue weighted by molar-refractivity contribution is 6.07. The Morgan fingerprint density at radius 2 is 1.50 bits per heavy atom. The van der Waals surface area contributed by atoms with Gasteiger partial charge in [-0.15, -0.1) is 0 Å². The maximum atomic E-state index is 12.2. The number of nitrogen functional groups attached to an aromatic ring is 1. The molecule has 34 heavy (non-hydrogen) atoms. The minimum absolute atomic E-state index is 0.194. The molecule has 0 saturated carbocycles. The van der Waals surface area contributed by atoms with E-state index in [-0.39, 0.29) is 17.7 Å². The maximum absolute atomic E-state index is 12.2. The highest BCUT2D eigenvalue weighted by Gasteiger charge is 2.26. The number of hydrogen-bond donors (Lipinski definition) is 4. The molecule has 0 unspecified atom stereocenters. The second-order valence-electron chi connectivity index (χ2n) is 7.06. The van der Waals surface area contributed by atoms with Crippen molar-refractivity contribution in [1.82, 2.24) is 4.98 Å². The number of aromatic carboxylic acids is 2. The number of hydrogen-bond acceptors (Lipinski definition) is 7. The number of carbonyl (C=O) groups is 2. The van der Waals surface area contributed by atoms with Crippen LogP contribution in [0.1, 0.15) is 40.1 Å². The Morgan fingerprint density at radius 3 is 2.09 bits per heavy atom. The number of carboxylic acid groups (broad SMARTS) is 2. The monoisotopic (exact) mass is 468 g/mol. The van der Waals surface area contributed by atoms with Crippen molar-refractivity contribution in [1.29, 1.82) is 0 Å². The molecule has 2 aromatic carbocycles. The highest BCUT2D eigenvalue weighted by atomic mass is 16.5. The van der Waals surface area contributed by atoms with Crippen molar-refractivity contribution in [2.75, 3.05) is 18.9 Å². The van der Waals surface area contributed by atoms with Crippen molar-refractivity contribution < 1.29 is 34.0 Å². The average Bonchev–Trinajstić information content (AvgIpc) is 2.78. The summed E-state index contributed by atoms with van der Waals surface area (Å²) in [6.45, 7) is 4.96. The third-order valence-corrected chi connectivity index (χ3v) is 4.83. The number of nitrogens with one attached hydrogen (secondary N) is 1. The van der Waals surface area contributed by atoms with E-state index in [9.17, 15) is 24.6 Å². The van der Waals surface area contributed by atoms with E-state index in [1.165, 1.54) is 12.1 Å². The first-order chi connectivity index (χ1) is 16.3. The zero-order valence-electron chi connectivity index (χ0n) is 18.6. The summed E-state index contributed by atoms with van der Waals surface area (Å²) in [7, 11) is 0. The van der Waals surface area contributed by atoms with E-state index in [1.54, 1.807) is 18.2 Å². The minimum atomic E-state index is -1.57. The summed E-state index contributed by atoms with van der Waals surface area (Å²) >= 11 is 0. The van der Waals surface area contributed by atoms with Gasteiger partial charge in [0.1, 0.15) is 29.3 Å². The Labute approximate surface area is 194 Å². The van der Waals surface area contributed by atoms with Gasteiger partial charge in [0.25, 0.3) is 5.56 Å². The molecule has 0 aliphatic heterocycles. The van der Waals surface area contributed by atoms with Crippen LogP contribution in [-0.2, 0) is 6.61 Å². The van der Waals surface area contributed by atoms with Crippen LogP contribution in [0.15, 0.2) is 47.3 Å². The van der Waals surface area contributed by atoms with E-state index in [0.717, 1.165) is 5.56 Å². The molecule has 178 valence electrons. The molecule has 0 fully saturated rings. The Hall–Kier alpha value is -4.47. The lowest BCUT2D eigenvalue weighted by Crippen LogP contribution is -2.24. The minimum Gasteiger partial charge on any atom is -0.490 e. The Morgan fingerprint density at radius 1 is 0.882 bits per heavy atom. The molecule has 0 aliphatic rings. The largest absolute Gasteiger partial charge is 0.490 e. The van der Waals surface area contributed by atoms with Gasteiger partial charge in [0.2, 0.25) is 0 Å². The molecule has 0 saturated heterocycles. The first-order valence-corrected chi connectivity index (χ1v) is 10.4. The van der Waals surface area contributed by atoms with Gasteiger partial charge < -0.3 is 35.1 Å². The third-order valence-electron chi connectivity index (χ3n) is 4.83. The average molecular weight is 468 g/mol. The third kappa shape index (κ3) is 5.12. The number of aromatic nitrogens is 1. The molecule has 0 bridgehead atoms. The second-order valence-corrected chi connectivity index (χ2v) is 7.06. The van der Waals surface area contributed by atoms with Crippen LogP contribution in [-0.4, -0.2) is 40.3 Å². The number of ether oxygens (including phenoxy) is 3. The van der Waals surface area contributed by atoms with Gasteiger partial charge in [-0.2, -0.15) is 0 Å². The number of nitrogens with two attached hydrogens (primary N) is 1. The fourth-order valence-electron chi connectivity index (χ4n) is 3.41. The van der Waals surface area contributed by atoms with Crippen molar-refractivity contribution in [3.8, 4) is 28.4 Å². The number of rotatable bonds is 10. The molecule has 5 N–H and O–H groups in total. The van der Waals surface area contributed by atoms with E-state index in [2.05, 4.69) is 4.98 Å². The Bertz CT molecular complexity index is 1270. The van der Waals surface area contributed by atoms with Gasteiger partial charge in [-0.25, -0.2) is 9.59 Å². The number of anilines is 1. The number of benzene rings is 2. The van der Waals surface area contributed by atoms with E-state index < -0.39 is 34.4 Å². The van der Waals surface area contributed by atoms with Crippen LogP contribution < -0.4 is 25.5 Å². The fourth-order valence-corrected chi connectivity index (χ4v) is 3.41. The standard InChI is InChI=1S/C24H24N2O8/c1-3-32-16-10-5-13(11-17(16)33-4-2)12-34-15-8-6-14(7-9-15)18-19(23(28)29)21(25)26-22(27)20(18)24(30)31/h5-11H,3-4,12H2,1-2H3,(H,28,29)(H,30,31)(H3,25,26,27). The molecule has 0 radical (unpaired) electrons. The topological polar surface area (TPSA) is 161 Å². The molecular formula is C24H24N2O8. The van der Waals surface area contributed by atoms with Crippen LogP contribution in [0, 0.1) is 0 Å². The van der Waals surface area contributed by atoms with Gasteiger partial charge in [-0.3, -0.25) is 4.79 Å². The molecule has 1 heterocycles. The first-order valence-electron chi connectivity index (χ1n) is 10.4. The number of carboxylic acids is 2. The normalized spacial score (nSPS) is 10.5. The van der Waals surface area contributed by atoms with E-state index in [0.29, 0.717) is 30.5 Å². The summed E-state index contributed by atoms with van der Waals surface area (Å²) in [5.74, 6) is -1.78. The summed E-state index contributed by atoms with van der Waals surface area (Å²) in [6.07, 6.45) is 0. The predicted octanol–water partition coefficient (Wildman–Crippen LogP) is 3.40. The molecule has 10 nitrogen and oxygen atoms in total. The Kier molecular flexibility index (Phi) is 7.42. The van der Waals surface area contributed by atoms with Crippen molar-refractivity contribution in [2.24, 2.45) is 0 Å². The molecule has 1 aromatic heterocycles. The predicted molar refractivity (Wildman–Crippen MR) is 124 cm³/mol. The van der Waals surface area contributed by atoms with E-state index >= 15 is 0 Å². The summed E-state index contributed by atoms with van der Waals surface area (Å²) in [5, 5.41) is 19.0. The molecule has 0 spiro atoms. The second kappa shape index (κ2) is 10.4. The molecular weight excluding hydrogens is 444 g/mol. The van der Waals surface area contributed by atoms with Crippen molar-refractivity contribution in [2.45, 2.75) is 20.5 Å². The lowest BCUT2D eigenvalue weighted by atomic mass is 9.95. The number of H-pyrrole nitrogens is 1. The lowest BCUT2D eigenvalue weighted by molar-refractivity contribution is 0.0695. The summed E-state index contributed by atoms with van der Waals surface area (Å²) < 4.78 is 17.0. The zero-order chi connectivity index (χ0) is 24.8. The van der Waals surface area contributed by atoms with Crippen LogP contribution in [0.3, 0.4) is 0 Å². The van der Waals surface area contributed by atoms with Crippen molar-refractivity contribution in [3.63, 3.8) is 0 Å². The SMILES string of the molecule is CCOc1ccc(COc2ccc(-c3c(C(=O)O)c(N)[nH]c(=O)c3C(=O)O)cc2)cc1OCC. The Balaban J connectivity index is 1.88. The summed E-state index contributed by atoms with van der Waals surface area (Å²) in [6, 6.07) is 11.5. The molecule has 0 aliphatic carbocycles. The molecule has 3 rings (SSSR count). The van der Waals surface area contributed by atoms with E-state index in [4.69, 9.17) is 19.9 Å². The molecule has 10 heteroatoms. The maximum Gasteiger partial charge on any atom is 0.342 e. The highest BCUT2D eigenvalue weighted by Crippen LogP contribution is 2.31. The number of pyridine rings is 1. The smallest absolute Gasteiger partial charge is 0.342 e. The van der Waals surface area contributed by atoms with Gasteiger partial charge in [-0.05, 0) is 49.2 Å². The molecule has 0 amide bonds. The van der Waals surface area contributed by atoms with Crippen LogP contribution in [0.5, 0.6) is 17.2 Å². The fraction of sp³-hybridized carbons (Fsp3) is 0.208. The van der Waals surface area contributed by atoms with Crippen LogP contribution in [0.4, 0.5) is 5.82 Å². The molecule has 0 atom stereocenters. The molecule has 3 aromatic rings. The summed E-state index contributed by atoms with van der Waals surface area (Å²) in [5.41, 5.74) is 4.21. The van der Waals surface area contributed by atoms with Crippen molar-refractivity contribution >= 4 is 17.8 Å².